The molecule has 0 amide bonds. The minimum absolute atomic E-state index is 1.13. The van der Waals surface area contributed by atoms with Gasteiger partial charge in [0.25, 0.3) is 0 Å². The van der Waals surface area contributed by atoms with Crippen molar-refractivity contribution in [3.8, 4) is 68.3 Å². The summed E-state index contributed by atoms with van der Waals surface area (Å²) in [7, 11) is 0. The molecular formula is C48H48Br2S8. The highest BCUT2D eigenvalue weighted by Crippen LogP contribution is 2.51. The third kappa shape index (κ3) is 9.77. The molecule has 0 radical (unpaired) electrons. The monoisotopic (exact) mass is 1040 g/mol. The van der Waals surface area contributed by atoms with Gasteiger partial charge in [0, 0.05) is 68.3 Å². The van der Waals surface area contributed by atoms with Crippen LogP contribution in [0.5, 0.6) is 0 Å². The Kier molecular flexibility index (Phi) is 15.0. The maximum atomic E-state index is 3.78. The molecule has 0 saturated carbocycles. The summed E-state index contributed by atoms with van der Waals surface area (Å²) in [5, 5.41) is 0. The fourth-order valence-electron chi connectivity index (χ4n) is 7.31. The molecule has 0 saturated heterocycles. The van der Waals surface area contributed by atoms with Crippen LogP contribution in [-0.2, 0) is 25.7 Å². The van der Waals surface area contributed by atoms with E-state index in [9.17, 15) is 0 Å². The quantitative estimate of drug-likeness (QED) is 0.0757. The van der Waals surface area contributed by atoms with Gasteiger partial charge in [0.15, 0.2) is 0 Å². The third-order valence-corrected chi connectivity index (χ3v) is 21.8. The van der Waals surface area contributed by atoms with Crippen LogP contribution in [0.25, 0.3) is 68.3 Å². The third-order valence-electron chi connectivity index (χ3n) is 10.4. The van der Waals surface area contributed by atoms with Crippen LogP contribution in [0.15, 0.2) is 80.4 Å². The molecule has 0 spiro atoms. The average Bonchev–Trinajstić information content (AvgIpc) is 4.07. The molecule has 10 heteroatoms. The van der Waals surface area contributed by atoms with Crippen molar-refractivity contribution in [2.24, 2.45) is 0 Å². The van der Waals surface area contributed by atoms with Gasteiger partial charge in [-0.2, -0.15) is 0 Å². The van der Waals surface area contributed by atoms with Gasteiger partial charge in [-0.15, -0.1) is 90.7 Å². The summed E-state index contributed by atoms with van der Waals surface area (Å²) in [5.74, 6) is 0. The Labute approximate surface area is 394 Å². The molecule has 0 bridgehead atoms. The minimum Gasteiger partial charge on any atom is -0.134 e. The second-order valence-corrected chi connectivity index (χ2v) is 26.1. The fraction of sp³-hybridized carbons (Fsp3) is 0.333. The highest BCUT2D eigenvalue weighted by atomic mass is 79.9. The molecule has 0 nitrogen and oxygen atoms in total. The van der Waals surface area contributed by atoms with Crippen molar-refractivity contribution < 1.29 is 0 Å². The number of hydrogen-bond donors (Lipinski definition) is 0. The lowest BCUT2D eigenvalue weighted by Crippen LogP contribution is -1.83. The van der Waals surface area contributed by atoms with Crippen LogP contribution in [0.2, 0.25) is 0 Å². The summed E-state index contributed by atoms with van der Waals surface area (Å²) in [6, 6.07) is 28.6. The van der Waals surface area contributed by atoms with Crippen molar-refractivity contribution >= 4 is 123 Å². The molecule has 8 aromatic heterocycles. The summed E-state index contributed by atoms with van der Waals surface area (Å²) < 4.78 is 2.47. The van der Waals surface area contributed by atoms with E-state index in [1.54, 1.807) is 0 Å². The lowest BCUT2D eigenvalue weighted by Gasteiger charge is -2.00. The minimum atomic E-state index is 1.13. The molecule has 58 heavy (non-hydrogen) atoms. The van der Waals surface area contributed by atoms with E-state index in [1.807, 2.05) is 90.7 Å². The van der Waals surface area contributed by atoms with Gasteiger partial charge in [-0.05, 0) is 178 Å². The van der Waals surface area contributed by atoms with Crippen molar-refractivity contribution in [1.82, 2.24) is 0 Å². The zero-order valence-electron chi connectivity index (χ0n) is 33.4. The predicted octanol–water partition coefficient (Wildman–Crippen LogP) is 20.7. The lowest BCUT2D eigenvalue weighted by atomic mass is 10.1. The van der Waals surface area contributed by atoms with E-state index in [0.29, 0.717) is 0 Å². The number of rotatable bonds is 19. The van der Waals surface area contributed by atoms with Crippen molar-refractivity contribution in [2.45, 2.75) is 105 Å². The van der Waals surface area contributed by atoms with Crippen LogP contribution < -0.4 is 0 Å². The van der Waals surface area contributed by atoms with Crippen LogP contribution in [0.3, 0.4) is 0 Å². The van der Waals surface area contributed by atoms with Crippen molar-refractivity contribution in [3.63, 3.8) is 0 Å². The van der Waals surface area contributed by atoms with E-state index in [2.05, 4.69) is 132 Å². The maximum Gasteiger partial charge on any atom is 0.0708 e. The van der Waals surface area contributed by atoms with Gasteiger partial charge >= 0.3 is 0 Å². The SMILES string of the molecule is CCCCc1cc(Br)sc1-c1ccc(-c2ccc(-c3sc(-c4cc(CCCC)c(-c5ccc(-c6ccc(-c7sc(Br)cc7CCCC)s6)s5)s4)cc3CCCC)s2)s1. The number of thiophene rings is 8. The van der Waals surface area contributed by atoms with Gasteiger partial charge in [-0.3, -0.25) is 0 Å². The van der Waals surface area contributed by atoms with Crippen LogP contribution in [0.1, 0.15) is 101 Å². The maximum absolute atomic E-state index is 3.78. The Morgan fingerprint density at radius 1 is 0.310 bits per heavy atom. The summed E-state index contributed by atoms with van der Waals surface area (Å²) in [5.41, 5.74) is 5.99. The zero-order chi connectivity index (χ0) is 40.2. The molecule has 302 valence electrons. The van der Waals surface area contributed by atoms with E-state index >= 15 is 0 Å². The second kappa shape index (κ2) is 20.2. The second-order valence-electron chi connectivity index (χ2n) is 14.8. The fourth-order valence-corrected chi connectivity index (χ4v) is 18.0. The Morgan fingerprint density at radius 2 is 0.569 bits per heavy atom. The molecule has 0 aliphatic rings. The van der Waals surface area contributed by atoms with E-state index in [4.69, 9.17) is 0 Å². The van der Waals surface area contributed by atoms with Gasteiger partial charge in [0.05, 0.1) is 7.57 Å². The van der Waals surface area contributed by atoms with Gasteiger partial charge in [-0.1, -0.05) is 53.4 Å². The van der Waals surface area contributed by atoms with E-state index < -0.39 is 0 Å². The van der Waals surface area contributed by atoms with E-state index in [0.717, 1.165) is 25.7 Å². The summed E-state index contributed by atoms with van der Waals surface area (Å²) in [4.78, 5) is 19.7. The van der Waals surface area contributed by atoms with Gasteiger partial charge in [0.1, 0.15) is 0 Å². The Balaban J connectivity index is 1.07. The lowest BCUT2D eigenvalue weighted by molar-refractivity contribution is 0.798. The van der Waals surface area contributed by atoms with E-state index in [-0.39, 0.29) is 0 Å². The largest absolute Gasteiger partial charge is 0.134 e. The first kappa shape index (κ1) is 43.2. The summed E-state index contributed by atoms with van der Waals surface area (Å²) >= 11 is 23.2. The molecule has 0 atom stereocenters. The van der Waals surface area contributed by atoms with Crippen molar-refractivity contribution in [2.75, 3.05) is 0 Å². The Bertz CT molecular complexity index is 2390. The first-order valence-electron chi connectivity index (χ1n) is 20.6. The molecule has 0 unspecified atom stereocenters. The Morgan fingerprint density at radius 3 is 0.862 bits per heavy atom. The molecule has 8 rings (SSSR count). The number of aryl methyl sites for hydroxylation is 4. The molecular weight excluding hydrogens is 993 g/mol. The molecule has 0 aromatic carbocycles. The van der Waals surface area contributed by atoms with E-state index in [1.165, 1.54) is 149 Å². The number of unbranched alkanes of at least 4 members (excludes halogenated alkanes) is 4. The molecule has 0 fully saturated rings. The molecule has 0 aliphatic heterocycles. The highest BCUT2D eigenvalue weighted by Gasteiger charge is 2.21. The highest BCUT2D eigenvalue weighted by molar-refractivity contribution is 9.11. The van der Waals surface area contributed by atoms with Crippen LogP contribution in [0, 0.1) is 0 Å². The van der Waals surface area contributed by atoms with Gasteiger partial charge < -0.3 is 0 Å². The standard InChI is InChI=1S/C48H48Br2S8/c1-5-9-13-29-25-41(55-45(29)37-21-17-33(51-37)35-19-23-39(53-35)47-31(15-11-7-3)27-43(49)57-47)42-26-30(14-10-6-2)46(56-42)38-22-18-34(52-38)36-20-24-40(54-36)48-32(16-12-8-4)28-44(50)58-48/h17-28H,5-16H2,1-4H3. The summed E-state index contributed by atoms with van der Waals surface area (Å²) in [6.45, 7) is 9.19. The van der Waals surface area contributed by atoms with Gasteiger partial charge in [-0.25, -0.2) is 0 Å². The number of halogens is 2. The summed E-state index contributed by atoms with van der Waals surface area (Å²) in [6.07, 6.45) is 14.3. The normalized spacial score (nSPS) is 11.8. The average molecular weight is 1040 g/mol. The molecule has 0 N–H and O–H groups in total. The first-order valence-corrected chi connectivity index (χ1v) is 28.7. The topological polar surface area (TPSA) is 0 Å². The molecule has 8 heterocycles. The molecule has 0 aliphatic carbocycles. The van der Waals surface area contributed by atoms with Crippen LogP contribution in [0.4, 0.5) is 0 Å². The Hall–Kier alpha value is -1.44. The first-order chi connectivity index (χ1) is 28.3. The molecule has 8 aromatic rings. The smallest absolute Gasteiger partial charge is 0.0708 e. The van der Waals surface area contributed by atoms with Gasteiger partial charge in [0.2, 0.25) is 0 Å². The number of hydrogen-bond acceptors (Lipinski definition) is 8. The van der Waals surface area contributed by atoms with Crippen LogP contribution >= 0.6 is 123 Å². The van der Waals surface area contributed by atoms with Crippen molar-refractivity contribution in [3.05, 3.63) is 103 Å². The van der Waals surface area contributed by atoms with Crippen LogP contribution in [-0.4, -0.2) is 0 Å². The predicted molar refractivity (Wildman–Crippen MR) is 277 cm³/mol. The zero-order valence-corrected chi connectivity index (χ0v) is 43.1. The van der Waals surface area contributed by atoms with Crippen molar-refractivity contribution in [1.29, 1.82) is 0 Å².